The van der Waals surface area contributed by atoms with Crippen LogP contribution in [-0.2, 0) is 6.54 Å². The van der Waals surface area contributed by atoms with Crippen molar-refractivity contribution >= 4 is 5.91 Å². The first-order valence-electron chi connectivity index (χ1n) is 10.8. The Hall–Kier alpha value is -4.26. The molecule has 0 spiro atoms. The molecule has 7 heteroatoms. The van der Waals surface area contributed by atoms with Gasteiger partial charge in [-0.3, -0.25) is 4.79 Å². The van der Waals surface area contributed by atoms with Crippen molar-refractivity contribution in [1.82, 2.24) is 15.1 Å². The lowest BCUT2D eigenvalue weighted by atomic mass is 10.1. The molecule has 0 bridgehead atoms. The van der Waals surface area contributed by atoms with Crippen molar-refractivity contribution in [3.05, 3.63) is 89.6 Å². The van der Waals surface area contributed by atoms with Crippen molar-refractivity contribution in [2.45, 2.75) is 13.5 Å². The minimum absolute atomic E-state index is 0.230. The zero-order valence-corrected chi connectivity index (χ0v) is 19.7. The van der Waals surface area contributed by atoms with E-state index in [-0.39, 0.29) is 12.5 Å². The van der Waals surface area contributed by atoms with Crippen LogP contribution in [0.3, 0.4) is 0 Å². The van der Waals surface area contributed by atoms with Crippen LogP contribution in [0.1, 0.15) is 21.5 Å². The summed E-state index contributed by atoms with van der Waals surface area (Å²) in [6.45, 7) is 2.30. The second-order valence-corrected chi connectivity index (χ2v) is 7.75. The normalized spacial score (nSPS) is 10.6. The highest BCUT2D eigenvalue weighted by atomic mass is 16.5. The standard InChI is InChI=1S/C27H27N3O4/c1-18-10-12-20(13-11-18)25-22(17-30(29-25)21-8-6-5-7-9-21)27(31)28-16-19-14-23(32-2)26(34-4)24(15-19)33-3/h5-15,17H,16H2,1-4H3,(H,28,31). The molecule has 3 aromatic carbocycles. The van der Waals surface area contributed by atoms with Crippen molar-refractivity contribution in [3.63, 3.8) is 0 Å². The number of aromatic nitrogens is 2. The summed E-state index contributed by atoms with van der Waals surface area (Å²) in [5, 5.41) is 7.73. The lowest BCUT2D eigenvalue weighted by molar-refractivity contribution is 0.0951. The molecule has 1 aromatic heterocycles. The third-order valence-electron chi connectivity index (χ3n) is 5.48. The summed E-state index contributed by atoms with van der Waals surface area (Å²) >= 11 is 0. The van der Waals surface area contributed by atoms with Gasteiger partial charge in [0.15, 0.2) is 11.5 Å². The number of para-hydroxylation sites is 1. The highest BCUT2D eigenvalue weighted by Crippen LogP contribution is 2.38. The first-order valence-corrected chi connectivity index (χ1v) is 10.8. The topological polar surface area (TPSA) is 74.6 Å². The fourth-order valence-corrected chi connectivity index (χ4v) is 3.69. The Kier molecular flexibility index (Phi) is 6.82. The van der Waals surface area contributed by atoms with E-state index in [1.807, 2.05) is 73.7 Å². The zero-order chi connectivity index (χ0) is 24.1. The Labute approximate surface area is 198 Å². The molecule has 0 saturated heterocycles. The summed E-state index contributed by atoms with van der Waals surface area (Å²) in [7, 11) is 4.68. The van der Waals surface area contributed by atoms with Gasteiger partial charge >= 0.3 is 0 Å². The quantitative estimate of drug-likeness (QED) is 0.411. The van der Waals surface area contributed by atoms with E-state index >= 15 is 0 Å². The SMILES string of the molecule is COc1cc(CNC(=O)c2cn(-c3ccccc3)nc2-c2ccc(C)cc2)cc(OC)c1OC. The Bertz CT molecular complexity index is 1260. The predicted octanol–water partition coefficient (Wildman–Crippen LogP) is 4.80. The number of rotatable bonds is 8. The molecule has 174 valence electrons. The molecule has 0 radical (unpaired) electrons. The van der Waals surface area contributed by atoms with Crippen LogP contribution in [0.4, 0.5) is 0 Å². The largest absolute Gasteiger partial charge is 0.493 e. The van der Waals surface area contributed by atoms with E-state index in [1.165, 1.54) is 0 Å². The van der Waals surface area contributed by atoms with E-state index in [4.69, 9.17) is 19.3 Å². The van der Waals surface area contributed by atoms with E-state index < -0.39 is 0 Å². The summed E-state index contributed by atoms with van der Waals surface area (Å²) in [6.07, 6.45) is 1.76. The minimum Gasteiger partial charge on any atom is -0.493 e. The smallest absolute Gasteiger partial charge is 0.255 e. The lowest BCUT2D eigenvalue weighted by Gasteiger charge is -2.14. The van der Waals surface area contributed by atoms with Gasteiger partial charge in [0.25, 0.3) is 5.91 Å². The van der Waals surface area contributed by atoms with E-state index in [2.05, 4.69) is 5.32 Å². The number of benzene rings is 3. The highest BCUT2D eigenvalue weighted by molar-refractivity contribution is 5.99. The second kappa shape index (κ2) is 10.1. The molecule has 0 aliphatic heterocycles. The van der Waals surface area contributed by atoms with Gasteiger partial charge in [-0.1, -0.05) is 48.0 Å². The zero-order valence-electron chi connectivity index (χ0n) is 19.7. The number of nitrogens with zero attached hydrogens (tertiary/aromatic N) is 2. The van der Waals surface area contributed by atoms with Gasteiger partial charge in [-0.25, -0.2) is 4.68 Å². The van der Waals surface area contributed by atoms with Gasteiger partial charge in [-0.15, -0.1) is 0 Å². The molecule has 4 rings (SSSR count). The molecule has 0 fully saturated rings. The van der Waals surface area contributed by atoms with Crippen molar-refractivity contribution in [3.8, 4) is 34.2 Å². The van der Waals surface area contributed by atoms with Crippen molar-refractivity contribution in [2.24, 2.45) is 0 Å². The molecule has 0 saturated carbocycles. The lowest BCUT2D eigenvalue weighted by Crippen LogP contribution is -2.23. The van der Waals surface area contributed by atoms with Crippen molar-refractivity contribution < 1.29 is 19.0 Å². The van der Waals surface area contributed by atoms with Gasteiger partial charge < -0.3 is 19.5 Å². The molecular formula is C27H27N3O4. The Morgan fingerprint density at radius 1 is 0.912 bits per heavy atom. The number of hydrogen-bond acceptors (Lipinski definition) is 5. The number of nitrogens with one attached hydrogen (secondary N) is 1. The number of carbonyl (C=O) groups excluding carboxylic acids is 1. The van der Waals surface area contributed by atoms with Gasteiger partial charge in [-0.2, -0.15) is 5.10 Å². The van der Waals surface area contributed by atoms with Crippen LogP contribution in [0.5, 0.6) is 17.2 Å². The van der Waals surface area contributed by atoms with Gasteiger partial charge in [0.05, 0.1) is 32.6 Å². The first-order chi connectivity index (χ1) is 16.5. The average Bonchev–Trinajstić information content (AvgIpc) is 3.33. The highest BCUT2D eigenvalue weighted by Gasteiger charge is 2.19. The molecule has 0 aliphatic rings. The third-order valence-corrected chi connectivity index (χ3v) is 5.48. The number of hydrogen-bond donors (Lipinski definition) is 1. The summed E-state index contributed by atoms with van der Waals surface area (Å²) in [5.74, 6) is 1.34. The van der Waals surface area contributed by atoms with Crippen LogP contribution in [0, 0.1) is 6.92 Å². The van der Waals surface area contributed by atoms with Gasteiger partial charge in [0.2, 0.25) is 5.75 Å². The van der Waals surface area contributed by atoms with Crippen LogP contribution < -0.4 is 19.5 Å². The summed E-state index contributed by atoms with van der Waals surface area (Å²) in [5.41, 5.74) is 4.80. The molecule has 0 atom stereocenters. The fourth-order valence-electron chi connectivity index (χ4n) is 3.69. The molecule has 34 heavy (non-hydrogen) atoms. The summed E-state index contributed by atoms with van der Waals surface area (Å²) in [6, 6.07) is 21.3. The van der Waals surface area contributed by atoms with Crippen molar-refractivity contribution in [1.29, 1.82) is 0 Å². The summed E-state index contributed by atoms with van der Waals surface area (Å²) in [4.78, 5) is 13.3. The molecule has 0 unspecified atom stereocenters. The number of methoxy groups -OCH3 is 3. The number of ether oxygens (including phenoxy) is 3. The Morgan fingerprint density at radius 2 is 1.56 bits per heavy atom. The molecule has 1 amide bonds. The predicted molar refractivity (Wildman–Crippen MR) is 131 cm³/mol. The van der Waals surface area contributed by atoms with Crippen molar-refractivity contribution in [2.75, 3.05) is 21.3 Å². The fraction of sp³-hybridized carbons (Fsp3) is 0.185. The molecule has 1 heterocycles. The molecule has 1 N–H and O–H groups in total. The number of aryl methyl sites for hydroxylation is 1. The van der Waals surface area contributed by atoms with Crippen LogP contribution in [0.25, 0.3) is 16.9 Å². The Morgan fingerprint density at radius 3 is 2.15 bits per heavy atom. The molecule has 4 aromatic rings. The molecule has 0 aliphatic carbocycles. The van der Waals surface area contributed by atoms with E-state index in [9.17, 15) is 4.79 Å². The maximum absolute atomic E-state index is 13.3. The van der Waals surface area contributed by atoms with Crippen LogP contribution in [-0.4, -0.2) is 37.0 Å². The van der Waals surface area contributed by atoms with Crippen LogP contribution in [0.2, 0.25) is 0 Å². The number of carbonyl (C=O) groups is 1. The maximum Gasteiger partial charge on any atom is 0.255 e. The molecule has 7 nitrogen and oxygen atoms in total. The van der Waals surface area contributed by atoms with Gasteiger partial charge in [0, 0.05) is 18.3 Å². The minimum atomic E-state index is -0.230. The van der Waals surface area contributed by atoms with E-state index in [1.54, 1.807) is 32.2 Å². The maximum atomic E-state index is 13.3. The Balaban J connectivity index is 1.65. The molecular weight excluding hydrogens is 430 g/mol. The monoisotopic (exact) mass is 457 g/mol. The third kappa shape index (κ3) is 4.73. The second-order valence-electron chi connectivity index (χ2n) is 7.75. The van der Waals surface area contributed by atoms with Crippen LogP contribution >= 0.6 is 0 Å². The average molecular weight is 458 g/mol. The summed E-state index contributed by atoms with van der Waals surface area (Å²) < 4.78 is 17.9. The van der Waals surface area contributed by atoms with E-state index in [0.29, 0.717) is 28.5 Å². The number of amides is 1. The van der Waals surface area contributed by atoms with E-state index in [0.717, 1.165) is 22.4 Å². The van der Waals surface area contributed by atoms with Crippen LogP contribution in [0.15, 0.2) is 72.9 Å². The van der Waals surface area contributed by atoms with Gasteiger partial charge in [0.1, 0.15) is 5.69 Å². The first kappa shape index (κ1) is 22.9. The van der Waals surface area contributed by atoms with Gasteiger partial charge in [-0.05, 0) is 36.8 Å².